The van der Waals surface area contributed by atoms with Crippen molar-refractivity contribution in [2.75, 3.05) is 13.2 Å². The molecule has 0 unspecified atom stereocenters. The molecule has 1 rings (SSSR count). The summed E-state index contributed by atoms with van der Waals surface area (Å²) in [6.07, 6.45) is 3.08. The number of rotatable bonds is 8. The summed E-state index contributed by atoms with van der Waals surface area (Å²) in [4.78, 5) is 1.12. The van der Waals surface area contributed by atoms with E-state index < -0.39 is 5.60 Å². The minimum atomic E-state index is -0.967. The molecule has 4 heteroatoms. The molecule has 0 fully saturated rings. The van der Waals surface area contributed by atoms with Crippen LogP contribution in [0.15, 0.2) is 47.4 Å². The van der Waals surface area contributed by atoms with Crippen LogP contribution in [0.2, 0.25) is 0 Å². The number of thioether (sulfide) groups is 1. The van der Waals surface area contributed by atoms with Crippen LogP contribution in [-0.4, -0.2) is 40.4 Å². The lowest BCUT2D eigenvalue weighted by atomic mass is 10.0. The van der Waals surface area contributed by atoms with Crippen molar-refractivity contribution in [2.24, 2.45) is 0 Å². The van der Waals surface area contributed by atoms with Crippen LogP contribution in [0.5, 0.6) is 0 Å². The van der Waals surface area contributed by atoms with Crippen LogP contribution in [0.4, 0.5) is 0 Å². The summed E-state index contributed by atoms with van der Waals surface area (Å²) in [5.41, 5.74) is -0.967. The SMILES string of the molecule is CCO[C@H](/C=C/[C@@](C)(O)[C@H](C)Sc1ccccc1)CO. The Hall–Kier alpha value is -0.810. The van der Waals surface area contributed by atoms with Gasteiger partial charge in [-0.2, -0.15) is 0 Å². The zero-order chi connectivity index (χ0) is 15.0. The summed E-state index contributed by atoms with van der Waals surface area (Å²) in [6.45, 7) is 6.08. The van der Waals surface area contributed by atoms with E-state index in [1.807, 2.05) is 44.2 Å². The highest BCUT2D eigenvalue weighted by molar-refractivity contribution is 8.00. The molecule has 0 spiro atoms. The molecule has 3 atom stereocenters. The summed E-state index contributed by atoms with van der Waals surface area (Å²) >= 11 is 1.62. The van der Waals surface area contributed by atoms with Gasteiger partial charge in [0.2, 0.25) is 0 Å². The maximum absolute atomic E-state index is 10.5. The van der Waals surface area contributed by atoms with Gasteiger partial charge in [0.25, 0.3) is 0 Å². The van der Waals surface area contributed by atoms with Crippen molar-refractivity contribution in [1.82, 2.24) is 0 Å². The Labute approximate surface area is 125 Å². The van der Waals surface area contributed by atoms with Crippen LogP contribution in [0.1, 0.15) is 20.8 Å². The molecule has 0 saturated carbocycles. The molecule has 112 valence electrons. The first kappa shape index (κ1) is 17.2. The highest BCUT2D eigenvalue weighted by Gasteiger charge is 2.26. The monoisotopic (exact) mass is 296 g/mol. The van der Waals surface area contributed by atoms with E-state index >= 15 is 0 Å². The van der Waals surface area contributed by atoms with Crippen molar-refractivity contribution in [3.8, 4) is 0 Å². The first-order valence-corrected chi connectivity index (χ1v) is 7.73. The maximum atomic E-state index is 10.5. The molecule has 1 aromatic rings. The number of aliphatic hydroxyl groups excluding tert-OH is 1. The summed E-state index contributed by atoms with van der Waals surface area (Å²) in [5, 5.41) is 19.7. The predicted molar refractivity (Wildman–Crippen MR) is 84.0 cm³/mol. The quantitative estimate of drug-likeness (QED) is 0.572. The average molecular weight is 296 g/mol. The van der Waals surface area contributed by atoms with E-state index in [1.165, 1.54) is 0 Å². The van der Waals surface area contributed by atoms with Gasteiger partial charge in [-0.25, -0.2) is 0 Å². The number of hydrogen-bond donors (Lipinski definition) is 2. The normalized spacial score (nSPS) is 17.9. The van der Waals surface area contributed by atoms with Crippen molar-refractivity contribution in [1.29, 1.82) is 0 Å². The average Bonchev–Trinajstić information content (AvgIpc) is 2.44. The molecule has 0 bridgehead atoms. The molecule has 0 radical (unpaired) electrons. The van der Waals surface area contributed by atoms with Crippen molar-refractivity contribution in [3.63, 3.8) is 0 Å². The number of aliphatic hydroxyl groups is 2. The Morgan fingerprint density at radius 1 is 1.35 bits per heavy atom. The van der Waals surface area contributed by atoms with Gasteiger partial charge in [0.15, 0.2) is 0 Å². The molecular weight excluding hydrogens is 272 g/mol. The molecule has 0 heterocycles. The van der Waals surface area contributed by atoms with Crippen LogP contribution in [0.3, 0.4) is 0 Å². The minimum absolute atomic E-state index is 0.0119. The molecule has 0 amide bonds. The van der Waals surface area contributed by atoms with Crippen molar-refractivity contribution in [3.05, 3.63) is 42.5 Å². The third-order valence-corrected chi connectivity index (χ3v) is 4.46. The summed E-state index contributed by atoms with van der Waals surface area (Å²) in [6, 6.07) is 9.99. The van der Waals surface area contributed by atoms with Crippen LogP contribution in [0.25, 0.3) is 0 Å². The molecule has 0 saturated heterocycles. The molecule has 20 heavy (non-hydrogen) atoms. The van der Waals surface area contributed by atoms with E-state index in [0.29, 0.717) is 6.61 Å². The fourth-order valence-electron chi connectivity index (χ4n) is 1.64. The molecule has 2 N–H and O–H groups in total. The van der Waals surface area contributed by atoms with Gasteiger partial charge >= 0.3 is 0 Å². The zero-order valence-corrected chi connectivity index (χ0v) is 13.1. The first-order valence-electron chi connectivity index (χ1n) is 6.85. The van der Waals surface area contributed by atoms with Gasteiger partial charge in [0.05, 0.1) is 18.3 Å². The lowest BCUT2D eigenvalue weighted by molar-refractivity contribution is 0.0481. The number of hydrogen-bond acceptors (Lipinski definition) is 4. The topological polar surface area (TPSA) is 49.7 Å². The second-order valence-corrected chi connectivity index (χ2v) is 6.25. The molecule has 0 aromatic heterocycles. The molecule has 0 aliphatic carbocycles. The van der Waals surface area contributed by atoms with Gasteiger partial charge in [-0.05, 0) is 32.9 Å². The third kappa shape index (κ3) is 5.67. The number of benzene rings is 1. The summed E-state index contributed by atoms with van der Waals surface area (Å²) in [5.74, 6) is 0. The van der Waals surface area contributed by atoms with Gasteiger partial charge in [-0.1, -0.05) is 30.4 Å². The Bertz CT molecular complexity index is 403. The predicted octanol–water partition coefficient (Wildman–Crippen LogP) is 2.87. The number of ether oxygens (including phenoxy) is 1. The van der Waals surface area contributed by atoms with Crippen molar-refractivity contribution < 1.29 is 14.9 Å². The molecule has 0 aliphatic rings. The van der Waals surface area contributed by atoms with Crippen LogP contribution >= 0.6 is 11.8 Å². The molecular formula is C16H24O3S. The fraction of sp³-hybridized carbons (Fsp3) is 0.500. The van der Waals surface area contributed by atoms with Gasteiger partial charge < -0.3 is 14.9 Å². The van der Waals surface area contributed by atoms with E-state index in [0.717, 1.165) is 4.90 Å². The molecule has 0 aliphatic heterocycles. The van der Waals surface area contributed by atoms with Crippen molar-refractivity contribution in [2.45, 2.75) is 42.6 Å². The van der Waals surface area contributed by atoms with Gasteiger partial charge in [0.1, 0.15) is 0 Å². The maximum Gasteiger partial charge on any atom is 0.0987 e. The lowest BCUT2D eigenvalue weighted by Crippen LogP contribution is -2.33. The first-order chi connectivity index (χ1) is 9.49. The van der Waals surface area contributed by atoms with E-state index in [9.17, 15) is 5.11 Å². The van der Waals surface area contributed by atoms with Crippen molar-refractivity contribution >= 4 is 11.8 Å². The summed E-state index contributed by atoms with van der Waals surface area (Å²) in [7, 11) is 0. The van der Waals surface area contributed by atoms with Crippen LogP contribution < -0.4 is 0 Å². The molecule has 3 nitrogen and oxygen atoms in total. The van der Waals surface area contributed by atoms with E-state index in [-0.39, 0.29) is 18.0 Å². The second-order valence-electron chi connectivity index (χ2n) is 4.83. The zero-order valence-electron chi connectivity index (χ0n) is 12.3. The fourth-order valence-corrected chi connectivity index (χ4v) is 2.68. The highest BCUT2D eigenvalue weighted by atomic mass is 32.2. The Morgan fingerprint density at radius 2 is 2.00 bits per heavy atom. The molecule has 1 aromatic carbocycles. The van der Waals surface area contributed by atoms with Gasteiger partial charge in [-0.15, -0.1) is 11.8 Å². The largest absolute Gasteiger partial charge is 0.393 e. The highest BCUT2D eigenvalue weighted by Crippen LogP contribution is 2.30. The second kappa shape index (κ2) is 8.47. The Balaban J connectivity index is 2.64. The Kier molecular flexibility index (Phi) is 7.30. The van der Waals surface area contributed by atoms with E-state index in [2.05, 4.69) is 0 Å². The smallest absolute Gasteiger partial charge is 0.0987 e. The van der Waals surface area contributed by atoms with Crippen LogP contribution in [-0.2, 0) is 4.74 Å². The van der Waals surface area contributed by atoms with Gasteiger partial charge in [-0.3, -0.25) is 0 Å². The minimum Gasteiger partial charge on any atom is -0.393 e. The third-order valence-electron chi connectivity index (χ3n) is 3.09. The summed E-state index contributed by atoms with van der Waals surface area (Å²) < 4.78 is 5.33. The van der Waals surface area contributed by atoms with Crippen LogP contribution in [0, 0.1) is 0 Å². The van der Waals surface area contributed by atoms with E-state index in [4.69, 9.17) is 9.84 Å². The Morgan fingerprint density at radius 3 is 2.55 bits per heavy atom. The standard InChI is InChI=1S/C16H24O3S/c1-4-19-14(12-17)10-11-16(3,18)13(2)20-15-8-6-5-7-9-15/h5-11,13-14,17-18H,4,12H2,1-3H3/b11-10+/t13-,14+,16+/m0/s1. The lowest BCUT2D eigenvalue weighted by Gasteiger charge is -2.27. The van der Waals surface area contributed by atoms with Gasteiger partial charge in [0, 0.05) is 16.8 Å². The van der Waals surface area contributed by atoms with E-state index in [1.54, 1.807) is 30.8 Å².